The van der Waals surface area contributed by atoms with E-state index in [1.807, 2.05) is 0 Å². The highest BCUT2D eigenvalue weighted by Crippen LogP contribution is 2.18. The lowest BCUT2D eigenvalue weighted by atomic mass is 10.1. The predicted molar refractivity (Wildman–Crippen MR) is 107 cm³/mol. The first-order chi connectivity index (χ1) is 13.0. The third kappa shape index (κ3) is 5.87. The van der Waals surface area contributed by atoms with Crippen molar-refractivity contribution in [1.29, 1.82) is 0 Å². The Morgan fingerprint density at radius 3 is 2.44 bits per heavy atom. The zero-order chi connectivity index (χ0) is 19.2. The molecule has 0 amide bonds. The SMILES string of the molecule is Cc1cccc(CN2CCN(C(=S)Nc3ccc(OC(F)F)cc3)CC2)c1. The first-order valence-corrected chi connectivity index (χ1v) is 9.29. The van der Waals surface area contributed by atoms with E-state index in [4.69, 9.17) is 12.2 Å². The van der Waals surface area contributed by atoms with E-state index in [-0.39, 0.29) is 5.75 Å². The van der Waals surface area contributed by atoms with Gasteiger partial charge in [0.15, 0.2) is 5.11 Å². The van der Waals surface area contributed by atoms with E-state index < -0.39 is 6.61 Å². The van der Waals surface area contributed by atoms with E-state index in [0.29, 0.717) is 5.11 Å². The summed E-state index contributed by atoms with van der Waals surface area (Å²) in [4.78, 5) is 4.55. The van der Waals surface area contributed by atoms with E-state index in [2.05, 4.69) is 51.0 Å². The van der Waals surface area contributed by atoms with Crippen LogP contribution in [0.15, 0.2) is 48.5 Å². The fourth-order valence-electron chi connectivity index (χ4n) is 3.10. The van der Waals surface area contributed by atoms with Gasteiger partial charge in [0, 0.05) is 38.4 Å². The van der Waals surface area contributed by atoms with Crippen molar-refractivity contribution >= 4 is 23.0 Å². The molecule has 27 heavy (non-hydrogen) atoms. The van der Waals surface area contributed by atoms with Crippen LogP contribution in [0.4, 0.5) is 14.5 Å². The number of nitrogens with zero attached hydrogens (tertiary/aromatic N) is 2. The number of anilines is 1. The van der Waals surface area contributed by atoms with Crippen LogP contribution in [0, 0.1) is 6.92 Å². The summed E-state index contributed by atoms with van der Waals surface area (Å²) in [5.41, 5.74) is 3.36. The summed E-state index contributed by atoms with van der Waals surface area (Å²) in [6.45, 7) is 3.82. The van der Waals surface area contributed by atoms with Gasteiger partial charge in [0.25, 0.3) is 0 Å². The van der Waals surface area contributed by atoms with Gasteiger partial charge in [0.1, 0.15) is 5.75 Å². The topological polar surface area (TPSA) is 27.7 Å². The summed E-state index contributed by atoms with van der Waals surface area (Å²) >= 11 is 5.49. The molecule has 144 valence electrons. The summed E-state index contributed by atoms with van der Waals surface area (Å²) in [5, 5.41) is 3.81. The Morgan fingerprint density at radius 2 is 1.81 bits per heavy atom. The maximum Gasteiger partial charge on any atom is 0.387 e. The maximum absolute atomic E-state index is 12.2. The van der Waals surface area contributed by atoms with Crippen molar-refractivity contribution in [2.45, 2.75) is 20.1 Å². The number of nitrogens with one attached hydrogen (secondary N) is 1. The zero-order valence-corrected chi connectivity index (χ0v) is 16.0. The van der Waals surface area contributed by atoms with Crippen LogP contribution >= 0.6 is 12.2 Å². The van der Waals surface area contributed by atoms with Crippen molar-refractivity contribution in [1.82, 2.24) is 9.80 Å². The van der Waals surface area contributed by atoms with E-state index in [0.717, 1.165) is 38.4 Å². The number of benzene rings is 2. The average molecular weight is 391 g/mol. The molecule has 0 atom stereocenters. The fourth-order valence-corrected chi connectivity index (χ4v) is 3.40. The lowest BCUT2D eigenvalue weighted by Crippen LogP contribution is -2.49. The van der Waals surface area contributed by atoms with Gasteiger partial charge in [-0.1, -0.05) is 29.8 Å². The number of thiocarbonyl (C=S) groups is 1. The Kier molecular flexibility index (Phi) is 6.58. The number of hydrogen-bond acceptors (Lipinski definition) is 3. The summed E-state index contributed by atoms with van der Waals surface area (Å²) in [6.07, 6.45) is 0. The van der Waals surface area contributed by atoms with Crippen LogP contribution in [-0.4, -0.2) is 47.7 Å². The molecule has 2 aromatic rings. The van der Waals surface area contributed by atoms with Gasteiger partial charge in [0.05, 0.1) is 0 Å². The number of hydrogen-bond donors (Lipinski definition) is 1. The molecule has 0 aromatic heterocycles. The van der Waals surface area contributed by atoms with E-state index >= 15 is 0 Å². The molecule has 0 aliphatic carbocycles. The number of rotatable bonds is 5. The van der Waals surface area contributed by atoms with Gasteiger partial charge in [-0.3, -0.25) is 4.90 Å². The third-order valence-corrected chi connectivity index (χ3v) is 4.84. The predicted octanol–water partition coefficient (Wildman–Crippen LogP) is 4.11. The van der Waals surface area contributed by atoms with Crippen LogP contribution in [-0.2, 0) is 6.54 Å². The Balaban J connectivity index is 1.47. The minimum atomic E-state index is -2.82. The van der Waals surface area contributed by atoms with E-state index in [1.54, 1.807) is 12.1 Å². The third-order valence-electron chi connectivity index (χ3n) is 4.48. The molecule has 7 heteroatoms. The van der Waals surface area contributed by atoms with Crippen molar-refractivity contribution in [2.24, 2.45) is 0 Å². The lowest BCUT2D eigenvalue weighted by molar-refractivity contribution is -0.0498. The monoisotopic (exact) mass is 391 g/mol. The Morgan fingerprint density at radius 1 is 1.11 bits per heavy atom. The molecule has 1 aliphatic heterocycles. The van der Waals surface area contributed by atoms with Crippen LogP contribution in [0.5, 0.6) is 5.75 Å². The molecule has 1 N–H and O–H groups in total. The smallest absolute Gasteiger partial charge is 0.387 e. The maximum atomic E-state index is 12.2. The minimum Gasteiger partial charge on any atom is -0.435 e. The summed E-state index contributed by atoms with van der Waals surface area (Å²) in [6, 6.07) is 14.9. The summed E-state index contributed by atoms with van der Waals surface area (Å²) in [5.74, 6) is 0.131. The highest BCUT2D eigenvalue weighted by molar-refractivity contribution is 7.80. The van der Waals surface area contributed by atoms with E-state index in [9.17, 15) is 8.78 Å². The summed E-state index contributed by atoms with van der Waals surface area (Å²) < 4.78 is 28.7. The highest BCUT2D eigenvalue weighted by Gasteiger charge is 2.19. The molecular weight excluding hydrogens is 368 g/mol. The van der Waals surface area contributed by atoms with Gasteiger partial charge in [0.2, 0.25) is 0 Å². The Labute approximate surface area is 163 Å². The molecule has 1 fully saturated rings. The second kappa shape index (κ2) is 9.10. The quantitative estimate of drug-likeness (QED) is 0.775. The molecule has 1 heterocycles. The minimum absolute atomic E-state index is 0.131. The Hall–Kier alpha value is -2.25. The molecule has 0 radical (unpaired) electrons. The van der Waals surface area contributed by atoms with E-state index in [1.165, 1.54) is 23.3 Å². The summed E-state index contributed by atoms with van der Waals surface area (Å²) in [7, 11) is 0. The average Bonchev–Trinajstić information content (AvgIpc) is 2.63. The molecule has 0 spiro atoms. The molecule has 1 saturated heterocycles. The molecular formula is C20H23F2N3OS. The number of alkyl halides is 2. The van der Waals surface area contributed by atoms with Crippen LogP contribution in [0.2, 0.25) is 0 Å². The zero-order valence-electron chi connectivity index (χ0n) is 15.2. The van der Waals surface area contributed by atoms with Gasteiger partial charge >= 0.3 is 6.61 Å². The molecule has 0 bridgehead atoms. The molecule has 1 aliphatic rings. The Bertz CT molecular complexity index is 762. The van der Waals surface area contributed by atoms with Crippen molar-refractivity contribution in [3.8, 4) is 5.75 Å². The largest absolute Gasteiger partial charge is 0.435 e. The number of aryl methyl sites for hydroxylation is 1. The molecule has 0 unspecified atom stereocenters. The second-order valence-electron chi connectivity index (χ2n) is 6.59. The second-order valence-corrected chi connectivity index (χ2v) is 6.97. The van der Waals surface area contributed by atoms with Crippen molar-refractivity contribution in [3.05, 3.63) is 59.7 Å². The van der Waals surface area contributed by atoms with Crippen LogP contribution in [0.25, 0.3) is 0 Å². The first kappa shape index (κ1) is 19.5. The van der Waals surface area contributed by atoms with Gasteiger partial charge in [-0.05, 0) is 49.0 Å². The molecule has 0 saturated carbocycles. The first-order valence-electron chi connectivity index (χ1n) is 8.88. The fraction of sp³-hybridized carbons (Fsp3) is 0.350. The van der Waals surface area contributed by atoms with Gasteiger partial charge in [-0.15, -0.1) is 0 Å². The number of ether oxygens (including phenoxy) is 1. The van der Waals surface area contributed by atoms with Crippen LogP contribution in [0.3, 0.4) is 0 Å². The van der Waals surface area contributed by atoms with Gasteiger partial charge in [-0.2, -0.15) is 8.78 Å². The molecule has 2 aromatic carbocycles. The van der Waals surface area contributed by atoms with Crippen molar-refractivity contribution in [2.75, 3.05) is 31.5 Å². The highest BCUT2D eigenvalue weighted by atomic mass is 32.1. The van der Waals surface area contributed by atoms with Gasteiger partial charge in [-0.25, -0.2) is 0 Å². The van der Waals surface area contributed by atoms with Gasteiger partial charge < -0.3 is 15.0 Å². The normalized spacial score (nSPS) is 15.0. The van der Waals surface area contributed by atoms with Crippen molar-refractivity contribution in [3.63, 3.8) is 0 Å². The number of piperazine rings is 1. The number of halogens is 2. The van der Waals surface area contributed by atoms with Crippen LogP contribution in [0.1, 0.15) is 11.1 Å². The van der Waals surface area contributed by atoms with Crippen LogP contribution < -0.4 is 10.1 Å². The lowest BCUT2D eigenvalue weighted by Gasteiger charge is -2.36. The standard InChI is InChI=1S/C20H23F2N3OS/c1-15-3-2-4-16(13-15)14-24-9-11-25(12-10-24)20(27)23-17-5-7-18(8-6-17)26-19(21)22/h2-8,13,19H,9-12,14H2,1H3,(H,23,27). The molecule has 4 nitrogen and oxygen atoms in total. The van der Waals surface area contributed by atoms with Crippen molar-refractivity contribution < 1.29 is 13.5 Å². The molecule has 3 rings (SSSR count).